The maximum Gasteiger partial charge on any atom is 0.266 e. The molecule has 3 aromatic carbocycles. The van der Waals surface area contributed by atoms with Gasteiger partial charge in [-0.25, -0.2) is 4.98 Å². The number of nitrogens with zero attached hydrogens (tertiary/aromatic N) is 2. The van der Waals surface area contributed by atoms with E-state index in [9.17, 15) is 4.79 Å². The Morgan fingerprint density at radius 3 is 2.47 bits per heavy atom. The van der Waals surface area contributed by atoms with Gasteiger partial charge in [0.1, 0.15) is 5.75 Å². The van der Waals surface area contributed by atoms with Crippen LogP contribution < -0.4 is 19.8 Å². The van der Waals surface area contributed by atoms with Crippen molar-refractivity contribution < 1.29 is 14.2 Å². The molecule has 1 heterocycles. The van der Waals surface area contributed by atoms with Crippen molar-refractivity contribution in [2.24, 2.45) is 0 Å². The van der Waals surface area contributed by atoms with E-state index >= 15 is 0 Å². The van der Waals surface area contributed by atoms with Crippen molar-refractivity contribution in [1.82, 2.24) is 9.55 Å². The van der Waals surface area contributed by atoms with Crippen LogP contribution in [0.25, 0.3) is 16.6 Å². The molecule has 4 aromatic rings. The van der Waals surface area contributed by atoms with Gasteiger partial charge in [-0.05, 0) is 36.4 Å². The summed E-state index contributed by atoms with van der Waals surface area (Å²) in [5.74, 6) is 2.31. The Morgan fingerprint density at radius 1 is 0.938 bits per heavy atom. The molecule has 0 bridgehead atoms. The smallest absolute Gasteiger partial charge is 0.266 e. The molecule has 0 atom stereocenters. The van der Waals surface area contributed by atoms with E-state index in [1.165, 1.54) is 11.8 Å². The fourth-order valence-corrected chi connectivity index (χ4v) is 4.27. The number of methoxy groups -OCH3 is 2. The number of halogens is 1. The lowest BCUT2D eigenvalue weighted by atomic mass is 10.2. The van der Waals surface area contributed by atoms with E-state index in [4.69, 9.17) is 30.8 Å². The van der Waals surface area contributed by atoms with Gasteiger partial charge in [0, 0.05) is 11.8 Å². The van der Waals surface area contributed by atoms with Crippen LogP contribution in [0.3, 0.4) is 0 Å². The van der Waals surface area contributed by atoms with E-state index in [2.05, 4.69) is 0 Å². The number of hydrogen-bond acceptors (Lipinski definition) is 6. The fourth-order valence-electron chi connectivity index (χ4n) is 3.25. The average molecular weight is 469 g/mol. The molecular formula is C24H21ClN2O4S. The minimum atomic E-state index is -0.155. The van der Waals surface area contributed by atoms with Crippen molar-refractivity contribution in [1.29, 1.82) is 0 Å². The molecule has 8 heteroatoms. The van der Waals surface area contributed by atoms with E-state index < -0.39 is 0 Å². The molecule has 164 valence electrons. The van der Waals surface area contributed by atoms with Crippen LogP contribution in [0.15, 0.2) is 76.7 Å². The highest BCUT2D eigenvalue weighted by Crippen LogP contribution is 2.31. The number of rotatable bonds is 8. The Labute approximate surface area is 194 Å². The van der Waals surface area contributed by atoms with Crippen molar-refractivity contribution in [3.8, 4) is 22.9 Å². The molecule has 32 heavy (non-hydrogen) atoms. The minimum absolute atomic E-state index is 0.155. The average Bonchev–Trinajstić information content (AvgIpc) is 2.82. The molecule has 0 saturated carbocycles. The monoisotopic (exact) mass is 468 g/mol. The van der Waals surface area contributed by atoms with E-state index in [-0.39, 0.29) is 5.56 Å². The first-order valence-corrected chi connectivity index (χ1v) is 11.2. The third-order valence-corrected chi connectivity index (χ3v) is 5.99. The molecule has 0 aliphatic carbocycles. The third kappa shape index (κ3) is 4.54. The zero-order valence-electron chi connectivity index (χ0n) is 17.6. The minimum Gasteiger partial charge on any atom is -0.493 e. The van der Waals surface area contributed by atoms with Crippen LogP contribution in [0, 0.1) is 0 Å². The van der Waals surface area contributed by atoms with Crippen LogP contribution in [0.4, 0.5) is 0 Å². The highest BCUT2D eigenvalue weighted by Gasteiger charge is 2.15. The number of aromatic nitrogens is 2. The summed E-state index contributed by atoms with van der Waals surface area (Å²) in [7, 11) is 3.13. The van der Waals surface area contributed by atoms with Gasteiger partial charge in [-0.1, -0.05) is 47.6 Å². The standard InChI is InChI=1S/C24H21ClN2O4S/c1-29-21-12-11-16(15-22(21)30-2)27-23(28)17-7-3-5-9-19(17)26-24(27)32-14-13-31-20-10-6-4-8-18(20)25/h3-12,15H,13-14H2,1-2H3. The maximum atomic E-state index is 13.4. The number of thioether (sulfide) groups is 1. The van der Waals surface area contributed by atoms with Crippen LogP contribution in [-0.2, 0) is 0 Å². The highest BCUT2D eigenvalue weighted by atomic mass is 35.5. The number of benzene rings is 3. The lowest BCUT2D eigenvalue weighted by Crippen LogP contribution is -2.22. The van der Waals surface area contributed by atoms with Gasteiger partial charge >= 0.3 is 0 Å². The molecule has 0 spiro atoms. The fraction of sp³-hybridized carbons (Fsp3) is 0.167. The third-order valence-electron chi connectivity index (χ3n) is 4.78. The number of hydrogen-bond donors (Lipinski definition) is 0. The molecule has 6 nitrogen and oxygen atoms in total. The van der Waals surface area contributed by atoms with Crippen molar-refractivity contribution in [3.63, 3.8) is 0 Å². The van der Waals surface area contributed by atoms with Gasteiger partial charge in [0.25, 0.3) is 5.56 Å². The van der Waals surface area contributed by atoms with E-state index in [0.717, 1.165) is 0 Å². The lowest BCUT2D eigenvalue weighted by Gasteiger charge is -2.15. The summed E-state index contributed by atoms with van der Waals surface area (Å²) < 4.78 is 18.1. The summed E-state index contributed by atoms with van der Waals surface area (Å²) in [4.78, 5) is 18.1. The van der Waals surface area contributed by atoms with Gasteiger partial charge in [-0.15, -0.1) is 0 Å². The molecule has 0 fully saturated rings. The maximum absolute atomic E-state index is 13.4. The number of fused-ring (bicyclic) bond motifs is 1. The summed E-state index contributed by atoms with van der Waals surface area (Å²) in [5, 5.41) is 1.66. The van der Waals surface area contributed by atoms with Gasteiger partial charge in [-0.3, -0.25) is 9.36 Å². The van der Waals surface area contributed by atoms with Gasteiger partial charge in [0.2, 0.25) is 0 Å². The van der Waals surface area contributed by atoms with Crippen LogP contribution in [-0.4, -0.2) is 36.1 Å². The second kappa shape index (κ2) is 9.97. The van der Waals surface area contributed by atoms with Crippen molar-refractivity contribution >= 4 is 34.3 Å². The Morgan fingerprint density at radius 2 is 1.69 bits per heavy atom. The summed E-state index contributed by atoms with van der Waals surface area (Å²) in [6.45, 7) is 0.406. The van der Waals surface area contributed by atoms with Gasteiger partial charge in [-0.2, -0.15) is 0 Å². The van der Waals surface area contributed by atoms with Gasteiger partial charge < -0.3 is 14.2 Å². The first kappa shape index (κ1) is 22.0. The Hall–Kier alpha value is -3.16. The molecule has 0 aliphatic rings. The molecule has 1 aromatic heterocycles. The van der Waals surface area contributed by atoms with E-state index in [0.29, 0.717) is 56.4 Å². The zero-order chi connectivity index (χ0) is 22.5. The second-order valence-corrected chi connectivity index (χ2v) is 8.19. The van der Waals surface area contributed by atoms with Crippen molar-refractivity contribution in [3.05, 3.63) is 82.1 Å². The molecule has 0 aliphatic heterocycles. The molecular weight excluding hydrogens is 448 g/mol. The molecule has 0 N–H and O–H groups in total. The van der Waals surface area contributed by atoms with E-state index in [1.807, 2.05) is 42.5 Å². The van der Waals surface area contributed by atoms with Gasteiger partial charge in [0.05, 0.1) is 42.4 Å². The van der Waals surface area contributed by atoms with Crippen molar-refractivity contribution in [2.75, 3.05) is 26.6 Å². The van der Waals surface area contributed by atoms with Crippen LogP contribution in [0.2, 0.25) is 5.02 Å². The van der Waals surface area contributed by atoms with Crippen LogP contribution >= 0.6 is 23.4 Å². The Balaban J connectivity index is 1.68. The first-order valence-electron chi connectivity index (χ1n) is 9.86. The highest BCUT2D eigenvalue weighted by molar-refractivity contribution is 7.99. The zero-order valence-corrected chi connectivity index (χ0v) is 19.2. The number of ether oxygens (including phenoxy) is 3. The lowest BCUT2D eigenvalue weighted by molar-refractivity contribution is 0.344. The SMILES string of the molecule is COc1ccc(-n2c(SCCOc3ccccc3Cl)nc3ccccc3c2=O)cc1OC. The topological polar surface area (TPSA) is 62.6 Å². The molecule has 4 rings (SSSR count). The Bertz CT molecular complexity index is 1310. The quantitative estimate of drug-likeness (QED) is 0.200. The van der Waals surface area contributed by atoms with Crippen LogP contribution in [0.1, 0.15) is 0 Å². The first-order chi connectivity index (χ1) is 15.6. The largest absolute Gasteiger partial charge is 0.493 e. The summed E-state index contributed by atoms with van der Waals surface area (Å²) in [5.41, 5.74) is 1.13. The normalized spacial score (nSPS) is 10.8. The van der Waals surface area contributed by atoms with Gasteiger partial charge in [0.15, 0.2) is 16.7 Å². The molecule has 0 unspecified atom stereocenters. The molecule has 0 saturated heterocycles. The van der Waals surface area contributed by atoms with Crippen LogP contribution in [0.5, 0.6) is 17.2 Å². The summed E-state index contributed by atoms with van der Waals surface area (Å²) in [6, 6.07) is 20.0. The molecule has 0 amide bonds. The summed E-state index contributed by atoms with van der Waals surface area (Å²) in [6.07, 6.45) is 0. The number of para-hydroxylation sites is 2. The predicted octanol–water partition coefficient (Wildman–Crippen LogP) is 5.23. The second-order valence-electron chi connectivity index (χ2n) is 6.72. The summed E-state index contributed by atoms with van der Waals surface area (Å²) >= 11 is 7.58. The Kier molecular flexibility index (Phi) is 6.87. The predicted molar refractivity (Wildman–Crippen MR) is 128 cm³/mol. The molecule has 0 radical (unpaired) electrons. The van der Waals surface area contributed by atoms with Crippen molar-refractivity contribution in [2.45, 2.75) is 5.16 Å². The van der Waals surface area contributed by atoms with E-state index in [1.54, 1.807) is 43.1 Å².